The van der Waals surface area contributed by atoms with Crippen LogP contribution in [0.15, 0.2) is 205 Å². The van der Waals surface area contributed by atoms with Gasteiger partial charge in [0.1, 0.15) is 5.58 Å². The molecule has 1 heterocycles. The molecule has 9 aromatic carbocycles. The third-order valence-corrected chi connectivity index (χ3v) is 12.1. The van der Waals surface area contributed by atoms with E-state index >= 15 is 0 Å². The van der Waals surface area contributed by atoms with Crippen molar-refractivity contribution in [3.8, 4) is 44.5 Å². The van der Waals surface area contributed by atoms with Gasteiger partial charge in [0.25, 0.3) is 0 Å². The van der Waals surface area contributed by atoms with Crippen molar-refractivity contribution in [1.82, 2.24) is 0 Å². The van der Waals surface area contributed by atoms with Gasteiger partial charge in [0.15, 0.2) is 5.58 Å². The average molecular weight is 730 g/mol. The molecule has 0 radical (unpaired) electrons. The first-order valence-electron chi connectivity index (χ1n) is 19.8. The predicted molar refractivity (Wildman–Crippen MR) is 240 cm³/mol. The van der Waals surface area contributed by atoms with Gasteiger partial charge in [-0.1, -0.05) is 172 Å². The lowest BCUT2D eigenvalue weighted by Gasteiger charge is -2.28. The lowest BCUT2D eigenvalue weighted by atomic mass is 9.82. The van der Waals surface area contributed by atoms with E-state index in [1.54, 1.807) is 0 Å². The van der Waals surface area contributed by atoms with Crippen LogP contribution < -0.4 is 4.90 Å². The summed E-state index contributed by atoms with van der Waals surface area (Å²) in [5.74, 6) is 0. The van der Waals surface area contributed by atoms with Gasteiger partial charge in [-0.15, -0.1) is 0 Å². The van der Waals surface area contributed by atoms with Crippen molar-refractivity contribution >= 4 is 49.8 Å². The molecular formula is C55H39NO. The Kier molecular flexibility index (Phi) is 7.55. The minimum Gasteiger partial charge on any atom is -0.454 e. The average Bonchev–Trinajstić information content (AvgIpc) is 3.76. The van der Waals surface area contributed by atoms with E-state index in [0.717, 1.165) is 50.1 Å². The number of para-hydroxylation sites is 1. The Morgan fingerprint density at radius 2 is 0.982 bits per heavy atom. The summed E-state index contributed by atoms with van der Waals surface area (Å²) in [4.78, 5) is 2.40. The summed E-state index contributed by atoms with van der Waals surface area (Å²) in [6.07, 6.45) is 0. The number of furan rings is 1. The third kappa shape index (κ3) is 5.40. The van der Waals surface area contributed by atoms with Crippen molar-refractivity contribution in [3.63, 3.8) is 0 Å². The fraction of sp³-hybridized carbons (Fsp3) is 0.0545. The smallest absolute Gasteiger partial charge is 0.159 e. The molecule has 2 heteroatoms. The summed E-state index contributed by atoms with van der Waals surface area (Å²) in [6.45, 7) is 4.70. The first-order chi connectivity index (χ1) is 28.0. The van der Waals surface area contributed by atoms with E-state index in [9.17, 15) is 0 Å². The van der Waals surface area contributed by atoms with Gasteiger partial charge >= 0.3 is 0 Å². The van der Waals surface area contributed by atoms with Crippen molar-refractivity contribution in [2.75, 3.05) is 4.90 Å². The summed E-state index contributed by atoms with van der Waals surface area (Å²) in [7, 11) is 0. The molecule has 1 aliphatic rings. The highest BCUT2D eigenvalue weighted by atomic mass is 16.3. The first kappa shape index (κ1) is 33.2. The molecule has 0 atom stereocenters. The zero-order chi connectivity index (χ0) is 38.1. The molecule has 57 heavy (non-hydrogen) atoms. The van der Waals surface area contributed by atoms with Gasteiger partial charge in [0.2, 0.25) is 0 Å². The van der Waals surface area contributed by atoms with Crippen molar-refractivity contribution in [1.29, 1.82) is 0 Å². The Bertz CT molecular complexity index is 3130. The molecule has 2 nitrogen and oxygen atoms in total. The third-order valence-electron chi connectivity index (χ3n) is 12.1. The quantitative estimate of drug-likeness (QED) is 0.169. The minimum absolute atomic E-state index is 0.150. The summed E-state index contributed by atoms with van der Waals surface area (Å²) in [5, 5.41) is 4.69. The Morgan fingerprint density at radius 1 is 0.386 bits per heavy atom. The van der Waals surface area contributed by atoms with Crippen LogP contribution in [0.4, 0.5) is 17.1 Å². The second-order valence-electron chi connectivity index (χ2n) is 15.7. The molecule has 0 N–H and O–H groups in total. The zero-order valence-electron chi connectivity index (χ0n) is 31.9. The number of hydrogen-bond donors (Lipinski definition) is 0. The molecule has 1 aliphatic carbocycles. The van der Waals surface area contributed by atoms with Crippen LogP contribution in [-0.4, -0.2) is 0 Å². The fourth-order valence-corrected chi connectivity index (χ4v) is 9.15. The van der Waals surface area contributed by atoms with Crippen LogP contribution in [0.2, 0.25) is 0 Å². The van der Waals surface area contributed by atoms with E-state index in [1.165, 1.54) is 55.3 Å². The maximum absolute atomic E-state index is 6.86. The molecule has 1 aromatic heterocycles. The Labute approximate surface area is 332 Å². The maximum Gasteiger partial charge on any atom is 0.159 e. The monoisotopic (exact) mass is 729 g/mol. The highest BCUT2D eigenvalue weighted by Crippen LogP contribution is 2.52. The van der Waals surface area contributed by atoms with Gasteiger partial charge < -0.3 is 9.32 Å². The molecule has 0 unspecified atom stereocenters. The fourth-order valence-electron chi connectivity index (χ4n) is 9.15. The Balaban J connectivity index is 1.13. The van der Waals surface area contributed by atoms with Crippen LogP contribution in [0.25, 0.3) is 77.2 Å². The van der Waals surface area contributed by atoms with Crippen LogP contribution in [-0.2, 0) is 5.41 Å². The molecule has 0 aliphatic heterocycles. The topological polar surface area (TPSA) is 16.4 Å². The van der Waals surface area contributed by atoms with Gasteiger partial charge in [-0.2, -0.15) is 0 Å². The van der Waals surface area contributed by atoms with Gasteiger partial charge in [0, 0.05) is 27.6 Å². The molecular weight excluding hydrogens is 691 g/mol. The maximum atomic E-state index is 6.86. The Morgan fingerprint density at radius 3 is 1.81 bits per heavy atom. The van der Waals surface area contributed by atoms with E-state index in [4.69, 9.17) is 4.42 Å². The van der Waals surface area contributed by atoms with E-state index in [0.29, 0.717) is 0 Å². The van der Waals surface area contributed by atoms with Crippen LogP contribution in [0.5, 0.6) is 0 Å². The van der Waals surface area contributed by atoms with Gasteiger partial charge in [-0.25, -0.2) is 0 Å². The second-order valence-corrected chi connectivity index (χ2v) is 15.7. The van der Waals surface area contributed by atoms with Crippen LogP contribution in [0, 0.1) is 0 Å². The lowest BCUT2D eigenvalue weighted by Crippen LogP contribution is -2.16. The number of anilines is 3. The molecule has 10 aromatic rings. The molecule has 0 saturated carbocycles. The second kappa shape index (κ2) is 13.0. The highest BCUT2D eigenvalue weighted by Gasteiger charge is 2.36. The molecule has 0 amide bonds. The molecule has 11 rings (SSSR count). The van der Waals surface area contributed by atoms with Crippen molar-refractivity contribution < 1.29 is 4.42 Å². The number of fused-ring (bicyclic) bond motifs is 7. The molecule has 0 spiro atoms. The summed E-state index contributed by atoms with van der Waals surface area (Å²) < 4.78 is 6.86. The van der Waals surface area contributed by atoms with Crippen LogP contribution in [0.1, 0.15) is 25.0 Å². The van der Waals surface area contributed by atoms with Crippen molar-refractivity contribution in [2.24, 2.45) is 0 Å². The standard InChI is InChI=1S/C55H39NO/c1-55(2)50-21-10-8-18-46(50)47-32-31-43(35-51(47)55)56(42-29-27-40(28-30-42)45-20-12-16-39-15-6-7-17-44(39)45)52-34-41(33-49-48-19-9-11-22-53(48)57-54(49)52)38-25-23-37(24-26-38)36-13-4-3-5-14-36/h3-35H,1-2H3. The molecule has 0 fully saturated rings. The molecule has 270 valence electrons. The number of benzene rings is 9. The highest BCUT2D eigenvalue weighted by molar-refractivity contribution is 6.12. The summed E-state index contributed by atoms with van der Waals surface area (Å²) in [6, 6.07) is 72.6. The molecule has 0 bridgehead atoms. The number of nitrogens with zero attached hydrogens (tertiary/aromatic N) is 1. The van der Waals surface area contributed by atoms with Crippen LogP contribution >= 0.6 is 0 Å². The SMILES string of the molecule is CC1(C)c2ccccc2-c2ccc(N(c3ccc(-c4cccc5ccccc45)cc3)c3cc(-c4ccc(-c5ccccc5)cc4)cc4c3oc3ccccc34)cc21. The lowest BCUT2D eigenvalue weighted by molar-refractivity contribution is 0.660. The Hall–Kier alpha value is -7.16. The van der Waals surface area contributed by atoms with Gasteiger partial charge in [-0.3, -0.25) is 0 Å². The summed E-state index contributed by atoms with van der Waals surface area (Å²) in [5.41, 5.74) is 17.1. The number of rotatable bonds is 6. The van der Waals surface area contributed by atoms with Crippen molar-refractivity contribution in [3.05, 3.63) is 211 Å². The predicted octanol–water partition coefficient (Wildman–Crippen LogP) is 15.5. The van der Waals surface area contributed by atoms with Gasteiger partial charge in [0.05, 0.1) is 5.69 Å². The van der Waals surface area contributed by atoms with Crippen LogP contribution in [0.3, 0.4) is 0 Å². The normalized spacial score (nSPS) is 12.9. The largest absolute Gasteiger partial charge is 0.454 e. The van der Waals surface area contributed by atoms with E-state index in [2.05, 4.69) is 219 Å². The minimum atomic E-state index is -0.150. The summed E-state index contributed by atoms with van der Waals surface area (Å²) >= 11 is 0. The first-order valence-corrected chi connectivity index (χ1v) is 19.8. The van der Waals surface area contributed by atoms with E-state index in [-0.39, 0.29) is 5.41 Å². The van der Waals surface area contributed by atoms with Gasteiger partial charge in [-0.05, 0) is 109 Å². The molecule has 0 saturated heterocycles. The number of hydrogen-bond acceptors (Lipinski definition) is 2. The zero-order valence-corrected chi connectivity index (χ0v) is 31.9. The van der Waals surface area contributed by atoms with E-state index in [1.807, 2.05) is 0 Å². The van der Waals surface area contributed by atoms with E-state index < -0.39 is 0 Å². The van der Waals surface area contributed by atoms with Crippen molar-refractivity contribution in [2.45, 2.75) is 19.3 Å².